The summed E-state index contributed by atoms with van der Waals surface area (Å²) in [4.78, 5) is 0. The lowest BCUT2D eigenvalue weighted by atomic mass is 9.34. The van der Waals surface area contributed by atoms with Gasteiger partial charge in [-0.1, -0.05) is 46.3 Å². The van der Waals surface area contributed by atoms with Crippen LogP contribution in [0.2, 0.25) is 0 Å². The predicted octanol–water partition coefficient (Wildman–Crippen LogP) is 2.15. The van der Waals surface area contributed by atoms with Crippen molar-refractivity contribution in [2.75, 3.05) is 6.61 Å². The molecule has 6 aliphatic rings. The van der Waals surface area contributed by atoms with Gasteiger partial charge in [-0.05, 0) is 119 Å². The minimum atomic E-state index is -1.66. The molecule has 0 amide bonds. The summed E-state index contributed by atoms with van der Waals surface area (Å²) in [5.74, 6) is 0.258. The summed E-state index contributed by atoms with van der Waals surface area (Å²) in [6, 6.07) is 0. The quantitative estimate of drug-likeness (QED) is 0.121. The Kier molecular flexibility index (Phi) is 12.2. The van der Waals surface area contributed by atoms with E-state index in [0.29, 0.717) is 19.3 Å². The van der Waals surface area contributed by atoms with Crippen LogP contribution in [-0.2, 0) is 18.9 Å². The van der Waals surface area contributed by atoms with Crippen LogP contribution in [0.3, 0.4) is 0 Å². The Morgan fingerprint density at radius 1 is 0.818 bits per heavy atom. The number of ether oxygens (including phenoxy) is 4. The fourth-order valence-corrected chi connectivity index (χ4v) is 13.2. The topological polar surface area (TPSA) is 219 Å². The number of aliphatic hydroxyl groups is 9. The van der Waals surface area contributed by atoms with Gasteiger partial charge in [0.25, 0.3) is 0 Å². The number of hydrogen-bond donors (Lipinski definition) is 9. The van der Waals surface area contributed by atoms with Crippen LogP contribution in [0.5, 0.6) is 0 Å². The molecule has 1 unspecified atom stereocenters. The van der Waals surface area contributed by atoms with Crippen molar-refractivity contribution in [2.45, 2.75) is 199 Å². The van der Waals surface area contributed by atoms with Gasteiger partial charge in [0.05, 0.1) is 36.6 Å². The first kappa shape index (κ1) is 43.8. The summed E-state index contributed by atoms with van der Waals surface area (Å²) in [6.45, 7) is 17.9. The molecule has 55 heavy (non-hydrogen) atoms. The summed E-state index contributed by atoms with van der Waals surface area (Å²) >= 11 is 0. The molecule has 318 valence electrons. The van der Waals surface area contributed by atoms with Gasteiger partial charge >= 0.3 is 0 Å². The molecule has 0 aromatic rings. The summed E-state index contributed by atoms with van der Waals surface area (Å²) < 4.78 is 24.5. The van der Waals surface area contributed by atoms with Crippen molar-refractivity contribution in [3.05, 3.63) is 11.6 Å². The number of hydrogen-bond acceptors (Lipinski definition) is 13. The molecule has 0 aromatic carbocycles. The Labute approximate surface area is 327 Å². The lowest BCUT2D eigenvalue weighted by Gasteiger charge is -2.71. The zero-order valence-electron chi connectivity index (χ0n) is 34.4. The minimum absolute atomic E-state index is 0.0197. The predicted molar refractivity (Wildman–Crippen MR) is 201 cm³/mol. The van der Waals surface area contributed by atoms with E-state index in [4.69, 9.17) is 18.9 Å². The number of rotatable bonds is 9. The van der Waals surface area contributed by atoms with E-state index in [2.05, 4.69) is 34.6 Å². The van der Waals surface area contributed by atoms with E-state index >= 15 is 0 Å². The molecule has 4 saturated carbocycles. The van der Waals surface area contributed by atoms with Crippen LogP contribution in [0.1, 0.15) is 114 Å². The first-order valence-electron chi connectivity index (χ1n) is 20.8. The molecule has 13 heteroatoms. The SMILES string of the molecule is CC(C)=CCC(O)[C@@](C)(O)[C@H]1CC[C@]2(C)[C@@H]1CC[C@@H]1[C@@]3(C)CC[C@H](O[C@@H]4O[C@H](CO)[C@@H](O)[C@H](O)[C@H]4O[C@@H]4O[C@@H](C)[C@H](O)[C@@H](O)[C@H]4O)C(C)(C)[C@@H]3C[C@H](O)[C@]12C. The summed E-state index contributed by atoms with van der Waals surface area (Å²) in [5, 5.41) is 99.2. The van der Waals surface area contributed by atoms with Gasteiger partial charge < -0.3 is 64.9 Å². The minimum Gasteiger partial charge on any atom is -0.394 e. The molecule has 13 nitrogen and oxygen atoms in total. The highest BCUT2D eigenvalue weighted by atomic mass is 16.8. The van der Waals surface area contributed by atoms with E-state index in [0.717, 1.165) is 37.7 Å². The van der Waals surface area contributed by atoms with Crippen molar-refractivity contribution in [3.63, 3.8) is 0 Å². The van der Waals surface area contributed by atoms with E-state index in [1.165, 1.54) is 6.92 Å². The van der Waals surface area contributed by atoms with Crippen molar-refractivity contribution in [2.24, 2.45) is 45.3 Å². The van der Waals surface area contributed by atoms with E-state index in [-0.39, 0.29) is 34.5 Å². The maximum atomic E-state index is 12.5. The molecule has 0 bridgehead atoms. The first-order chi connectivity index (χ1) is 25.5. The van der Waals surface area contributed by atoms with Gasteiger partial charge in [-0.25, -0.2) is 0 Å². The maximum absolute atomic E-state index is 12.5. The van der Waals surface area contributed by atoms with E-state index in [1.807, 2.05) is 19.9 Å². The first-order valence-corrected chi connectivity index (χ1v) is 20.8. The van der Waals surface area contributed by atoms with Crippen molar-refractivity contribution in [3.8, 4) is 0 Å². The maximum Gasteiger partial charge on any atom is 0.187 e. The normalized spacial score (nSPS) is 52.6. The molecule has 0 aromatic heterocycles. The fourth-order valence-electron chi connectivity index (χ4n) is 13.2. The number of fused-ring (bicyclic) bond motifs is 5. The van der Waals surface area contributed by atoms with Crippen LogP contribution in [-0.4, -0.2) is 138 Å². The zero-order valence-corrected chi connectivity index (χ0v) is 34.4. The second-order valence-corrected chi connectivity index (χ2v) is 20.1. The highest BCUT2D eigenvalue weighted by Crippen LogP contribution is 2.76. The standard InChI is InChI=1S/C42H72O13/c1-20(2)10-13-27(44)42(9,51)23-14-17-40(7)22(23)11-12-25-39(6)16-15-29(38(4,5)26(39)18-28(45)41(25,40)8)54-37-35(33(49)31(47)24(19-43)53-37)55-36-34(50)32(48)30(46)21(3)52-36/h10,21-37,43-51H,11-19H2,1-9H3/t21-,22+,23-,24+,25+,26-,27?,28-,29-,30-,31+,32+,33-,34+,35+,36-,37-,39+,40+,41-,42-/m0/s1. The van der Waals surface area contributed by atoms with Crippen molar-refractivity contribution in [1.82, 2.24) is 0 Å². The van der Waals surface area contributed by atoms with Crippen LogP contribution in [0, 0.1) is 45.3 Å². The van der Waals surface area contributed by atoms with Crippen molar-refractivity contribution >= 4 is 0 Å². The fraction of sp³-hybridized carbons (Fsp3) is 0.952. The van der Waals surface area contributed by atoms with E-state index < -0.39 is 103 Å². The zero-order chi connectivity index (χ0) is 40.8. The third kappa shape index (κ3) is 6.90. The molecule has 6 rings (SSSR count). The molecule has 2 saturated heterocycles. The van der Waals surface area contributed by atoms with Gasteiger partial charge in [-0.2, -0.15) is 0 Å². The van der Waals surface area contributed by atoms with Gasteiger partial charge in [0, 0.05) is 5.41 Å². The Balaban J connectivity index is 1.24. The average Bonchev–Trinajstić information content (AvgIpc) is 3.49. The Morgan fingerprint density at radius 2 is 1.49 bits per heavy atom. The number of allylic oxidation sites excluding steroid dienone is 1. The third-order valence-electron chi connectivity index (χ3n) is 16.8. The lowest BCUT2D eigenvalue weighted by molar-refractivity contribution is -0.377. The molecule has 4 aliphatic carbocycles. The lowest BCUT2D eigenvalue weighted by Crippen LogP contribution is -2.69. The van der Waals surface area contributed by atoms with Crippen LogP contribution < -0.4 is 0 Å². The Hall–Kier alpha value is -0.780. The van der Waals surface area contributed by atoms with Crippen molar-refractivity contribution < 1.29 is 64.9 Å². The molecule has 0 radical (unpaired) electrons. The Bertz CT molecular complexity index is 1390. The second-order valence-electron chi connectivity index (χ2n) is 20.1. The molecule has 6 fully saturated rings. The van der Waals surface area contributed by atoms with Gasteiger partial charge in [-0.3, -0.25) is 0 Å². The Morgan fingerprint density at radius 3 is 2.13 bits per heavy atom. The average molecular weight is 785 g/mol. The van der Waals surface area contributed by atoms with Gasteiger partial charge in [0.2, 0.25) is 0 Å². The highest BCUT2D eigenvalue weighted by Gasteiger charge is 2.72. The van der Waals surface area contributed by atoms with E-state index in [9.17, 15) is 46.0 Å². The summed E-state index contributed by atoms with van der Waals surface area (Å²) in [6.07, 6.45) is -8.21. The van der Waals surface area contributed by atoms with E-state index in [1.54, 1.807) is 6.92 Å². The summed E-state index contributed by atoms with van der Waals surface area (Å²) in [7, 11) is 0. The van der Waals surface area contributed by atoms with Crippen LogP contribution in [0.25, 0.3) is 0 Å². The smallest absolute Gasteiger partial charge is 0.187 e. The van der Waals surface area contributed by atoms with Crippen LogP contribution in [0.4, 0.5) is 0 Å². The molecular weight excluding hydrogens is 712 g/mol. The molecule has 2 heterocycles. The summed E-state index contributed by atoms with van der Waals surface area (Å²) in [5.41, 5.74) is -1.54. The molecular formula is C42H72O13. The molecule has 21 atom stereocenters. The monoisotopic (exact) mass is 784 g/mol. The highest BCUT2D eigenvalue weighted by molar-refractivity contribution is 5.21. The molecule has 9 N–H and O–H groups in total. The third-order valence-corrected chi connectivity index (χ3v) is 16.8. The largest absolute Gasteiger partial charge is 0.394 e. The van der Waals surface area contributed by atoms with Crippen LogP contribution in [0.15, 0.2) is 11.6 Å². The molecule has 0 spiro atoms. The van der Waals surface area contributed by atoms with Gasteiger partial charge in [0.15, 0.2) is 12.6 Å². The van der Waals surface area contributed by atoms with Gasteiger partial charge in [0.1, 0.15) is 42.7 Å². The number of aliphatic hydroxyl groups excluding tert-OH is 8. The van der Waals surface area contributed by atoms with Crippen LogP contribution >= 0.6 is 0 Å². The van der Waals surface area contributed by atoms with Crippen molar-refractivity contribution in [1.29, 1.82) is 0 Å². The molecule has 2 aliphatic heterocycles. The second kappa shape index (κ2) is 15.4. The van der Waals surface area contributed by atoms with Gasteiger partial charge in [-0.15, -0.1) is 0 Å².